The molecule has 106 valence electrons. The van der Waals surface area contributed by atoms with Gasteiger partial charge < -0.3 is 15.2 Å². The fraction of sp³-hybridized carbons (Fsp3) is 0.583. The highest BCUT2D eigenvalue weighted by Gasteiger charge is 2.26. The molecule has 2 atom stereocenters. The Bertz CT molecular complexity index is 405. The Kier molecular flexibility index (Phi) is 6.01. The van der Waals surface area contributed by atoms with E-state index in [1.807, 2.05) is 6.92 Å². The highest BCUT2D eigenvalue weighted by Crippen LogP contribution is 2.05. The number of aromatic nitrogens is 2. The summed E-state index contributed by atoms with van der Waals surface area (Å²) in [6.07, 6.45) is 5.17. The average Bonchev–Trinajstić information content (AvgIpc) is 2.85. The largest absolute Gasteiger partial charge is 0.480 e. The minimum Gasteiger partial charge on any atom is -0.480 e. The molecule has 1 unspecified atom stereocenters. The zero-order chi connectivity index (χ0) is 14.3. The molecule has 1 aromatic heterocycles. The molecule has 0 saturated carbocycles. The third-order valence-electron chi connectivity index (χ3n) is 2.82. The number of imidazole rings is 1. The van der Waals surface area contributed by atoms with Crippen molar-refractivity contribution in [3.63, 3.8) is 0 Å². The summed E-state index contributed by atoms with van der Waals surface area (Å²) in [5.74, 6) is -2.10. The Hall–Kier alpha value is -1.89. The molecule has 4 N–H and O–H groups in total. The second-order valence-corrected chi connectivity index (χ2v) is 4.37. The molecule has 1 heterocycles. The predicted molar refractivity (Wildman–Crippen MR) is 67.8 cm³/mol. The number of carboxylic acid groups (broad SMARTS) is 2. The van der Waals surface area contributed by atoms with Gasteiger partial charge in [-0.3, -0.25) is 14.9 Å². The number of nitrogens with zero attached hydrogens (tertiary/aromatic N) is 1. The lowest BCUT2D eigenvalue weighted by atomic mass is 10.1. The fourth-order valence-corrected chi connectivity index (χ4v) is 1.76. The van der Waals surface area contributed by atoms with Gasteiger partial charge in [0, 0.05) is 18.3 Å². The monoisotopic (exact) mass is 269 g/mol. The van der Waals surface area contributed by atoms with Crippen LogP contribution >= 0.6 is 0 Å². The summed E-state index contributed by atoms with van der Waals surface area (Å²) in [5, 5.41) is 20.9. The van der Waals surface area contributed by atoms with E-state index in [0.717, 1.165) is 12.8 Å². The summed E-state index contributed by atoms with van der Waals surface area (Å²) >= 11 is 0. The summed E-state index contributed by atoms with van der Waals surface area (Å²) in [6, 6.07) is -1.79. The van der Waals surface area contributed by atoms with Crippen LogP contribution in [0.25, 0.3) is 0 Å². The summed E-state index contributed by atoms with van der Waals surface area (Å²) in [4.78, 5) is 28.9. The maximum Gasteiger partial charge on any atom is 0.321 e. The Morgan fingerprint density at radius 1 is 1.37 bits per heavy atom. The molecule has 0 saturated heterocycles. The van der Waals surface area contributed by atoms with E-state index in [2.05, 4.69) is 15.3 Å². The average molecular weight is 269 g/mol. The van der Waals surface area contributed by atoms with Crippen molar-refractivity contribution in [2.45, 2.75) is 44.7 Å². The number of nitrogens with one attached hydrogen (secondary N) is 2. The van der Waals surface area contributed by atoms with Crippen molar-refractivity contribution in [3.05, 3.63) is 18.2 Å². The van der Waals surface area contributed by atoms with Gasteiger partial charge in [0.25, 0.3) is 0 Å². The normalized spacial score (nSPS) is 13.9. The van der Waals surface area contributed by atoms with Crippen LogP contribution in [0, 0.1) is 0 Å². The van der Waals surface area contributed by atoms with E-state index in [1.54, 1.807) is 0 Å². The second-order valence-electron chi connectivity index (χ2n) is 4.37. The molecule has 0 amide bonds. The lowest BCUT2D eigenvalue weighted by Gasteiger charge is -2.19. The van der Waals surface area contributed by atoms with Crippen LogP contribution in [0.15, 0.2) is 12.5 Å². The first-order valence-electron chi connectivity index (χ1n) is 6.23. The maximum absolute atomic E-state index is 11.2. The minimum absolute atomic E-state index is 0.172. The molecule has 0 aromatic carbocycles. The van der Waals surface area contributed by atoms with Crippen molar-refractivity contribution in [2.75, 3.05) is 0 Å². The van der Waals surface area contributed by atoms with E-state index in [-0.39, 0.29) is 6.42 Å². The molecule has 7 nitrogen and oxygen atoms in total. The summed E-state index contributed by atoms with van der Waals surface area (Å²) < 4.78 is 0. The third kappa shape index (κ3) is 5.09. The van der Waals surface area contributed by atoms with Gasteiger partial charge in [-0.1, -0.05) is 19.8 Å². The summed E-state index contributed by atoms with van der Waals surface area (Å²) in [6.45, 7) is 1.96. The zero-order valence-corrected chi connectivity index (χ0v) is 10.8. The molecule has 0 radical (unpaired) electrons. The van der Waals surface area contributed by atoms with Gasteiger partial charge in [-0.25, -0.2) is 4.98 Å². The molecule has 1 aromatic rings. The number of carboxylic acids is 2. The molecule has 19 heavy (non-hydrogen) atoms. The Morgan fingerprint density at radius 2 is 2.05 bits per heavy atom. The van der Waals surface area contributed by atoms with E-state index in [1.165, 1.54) is 12.5 Å². The molecule has 1 rings (SSSR count). The highest BCUT2D eigenvalue weighted by atomic mass is 16.4. The number of H-pyrrole nitrogens is 1. The Labute approximate surface area is 111 Å². The van der Waals surface area contributed by atoms with E-state index >= 15 is 0 Å². The smallest absolute Gasteiger partial charge is 0.321 e. The molecule has 0 aliphatic carbocycles. The highest BCUT2D eigenvalue weighted by molar-refractivity contribution is 5.77. The molecular weight excluding hydrogens is 250 g/mol. The number of hydrogen-bond donors (Lipinski definition) is 4. The zero-order valence-electron chi connectivity index (χ0n) is 10.8. The predicted octanol–water partition coefficient (Wildman–Crippen LogP) is 0.638. The van der Waals surface area contributed by atoms with Gasteiger partial charge >= 0.3 is 11.9 Å². The van der Waals surface area contributed by atoms with Gasteiger partial charge in [0.2, 0.25) is 0 Å². The van der Waals surface area contributed by atoms with Crippen LogP contribution < -0.4 is 5.32 Å². The van der Waals surface area contributed by atoms with Crippen molar-refractivity contribution in [2.24, 2.45) is 0 Å². The van der Waals surface area contributed by atoms with Crippen LogP contribution in [0.4, 0.5) is 0 Å². The number of rotatable bonds is 9. The molecule has 0 aliphatic rings. The van der Waals surface area contributed by atoms with Crippen molar-refractivity contribution in [1.29, 1.82) is 0 Å². The Balaban J connectivity index is 2.64. The molecule has 0 fully saturated rings. The van der Waals surface area contributed by atoms with Crippen LogP contribution in [0.3, 0.4) is 0 Å². The van der Waals surface area contributed by atoms with Gasteiger partial charge in [-0.15, -0.1) is 0 Å². The van der Waals surface area contributed by atoms with Crippen LogP contribution in [0.1, 0.15) is 31.9 Å². The topological polar surface area (TPSA) is 115 Å². The number of aromatic amines is 1. The van der Waals surface area contributed by atoms with E-state index in [0.29, 0.717) is 12.1 Å². The number of unbranched alkanes of at least 4 members (excludes halogenated alkanes) is 1. The lowest BCUT2D eigenvalue weighted by Crippen LogP contribution is -2.48. The molecule has 0 spiro atoms. The first-order chi connectivity index (χ1) is 9.04. The van der Waals surface area contributed by atoms with Crippen LogP contribution in [0.2, 0.25) is 0 Å². The number of hydrogen-bond acceptors (Lipinski definition) is 4. The van der Waals surface area contributed by atoms with Crippen molar-refractivity contribution in [3.8, 4) is 0 Å². The van der Waals surface area contributed by atoms with Gasteiger partial charge in [-0.2, -0.15) is 0 Å². The third-order valence-corrected chi connectivity index (χ3v) is 2.82. The van der Waals surface area contributed by atoms with Crippen molar-refractivity contribution in [1.82, 2.24) is 15.3 Å². The number of carbonyl (C=O) groups is 2. The molecule has 7 heteroatoms. The van der Waals surface area contributed by atoms with Crippen LogP contribution in [0.5, 0.6) is 0 Å². The summed E-state index contributed by atoms with van der Waals surface area (Å²) in [5.41, 5.74) is 0.652. The van der Waals surface area contributed by atoms with Gasteiger partial charge in [0.05, 0.1) is 6.33 Å². The molecule has 0 bridgehead atoms. The van der Waals surface area contributed by atoms with Gasteiger partial charge in [0.15, 0.2) is 0 Å². The number of aliphatic carboxylic acids is 2. The van der Waals surface area contributed by atoms with Gasteiger partial charge in [-0.05, 0) is 6.42 Å². The first-order valence-corrected chi connectivity index (χ1v) is 6.23. The lowest BCUT2D eigenvalue weighted by molar-refractivity contribution is -0.142. The fourth-order valence-electron chi connectivity index (χ4n) is 1.76. The molecule has 0 aliphatic heterocycles. The quantitative estimate of drug-likeness (QED) is 0.523. The second kappa shape index (κ2) is 7.52. The molecular formula is C12H19N3O4. The van der Waals surface area contributed by atoms with Crippen LogP contribution in [-0.4, -0.2) is 44.2 Å². The standard InChI is InChI=1S/C12H19N3O4/c1-2-3-4-9(11(16)17)15-10(12(18)19)5-8-6-13-7-14-8/h6-7,9-10,15H,2-5H2,1H3,(H,13,14)(H,16,17)(H,18,19)/t9?,10-/m0/s1. The minimum atomic E-state index is -1.07. The van der Waals surface area contributed by atoms with E-state index in [9.17, 15) is 9.59 Å². The maximum atomic E-state index is 11.2. The van der Waals surface area contributed by atoms with E-state index < -0.39 is 24.0 Å². The SMILES string of the molecule is CCCCC(N[C@@H](Cc1cnc[nH]1)C(=O)O)C(=O)O. The van der Waals surface area contributed by atoms with Crippen molar-refractivity contribution >= 4 is 11.9 Å². The van der Waals surface area contributed by atoms with Crippen LogP contribution in [-0.2, 0) is 16.0 Å². The van der Waals surface area contributed by atoms with Gasteiger partial charge in [0.1, 0.15) is 12.1 Å². The Morgan fingerprint density at radius 3 is 2.53 bits per heavy atom. The first kappa shape index (κ1) is 15.2. The summed E-state index contributed by atoms with van der Waals surface area (Å²) in [7, 11) is 0. The van der Waals surface area contributed by atoms with Crippen molar-refractivity contribution < 1.29 is 19.8 Å². The van der Waals surface area contributed by atoms with E-state index in [4.69, 9.17) is 10.2 Å².